The minimum absolute atomic E-state index is 0. The number of halogens is 1. The molecular weight excluding hydrogens is 390 g/mol. The van der Waals surface area contributed by atoms with E-state index in [0.717, 1.165) is 57.5 Å². The summed E-state index contributed by atoms with van der Waals surface area (Å²) < 4.78 is 7.59. The number of unbranched alkanes of at least 4 members (excludes halogenated alkanes) is 1. The molecule has 1 amide bonds. The van der Waals surface area contributed by atoms with Crippen molar-refractivity contribution in [1.29, 1.82) is 0 Å². The number of ether oxygens (including phenoxy) is 1. The molecule has 2 aromatic rings. The first kappa shape index (κ1) is 23.3. The quantitative estimate of drug-likeness (QED) is 0.576. The predicted octanol–water partition coefficient (Wildman–Crippen LogP) is 2.70. The van der Waals surface area contributed by atoms with Crippen LogP contribution in [0.15, 0.2) is 30.3 Å². The van der Waals surface area contributed by atoms with Crippen LogP contribution < -0.4 is 10.6 Å². The van der Waals surface area contributed by atoms with Crippen molar-refractivity contribution in [1.82, 2.24) is 25.6 Å². The minimum atomic E-state index is -0.136. The first-order valence-corrected chi connectivity index (χ1v) is 10.3. The third kappa shape index (κ3) is 7.10. The van der Waals surface area contributed by atoms with E-state index < -0.39 is 0 Å². The largest absolute Gasteiger partial charge is 0.381 e. The molecule has 1 aromatic heterocycles. The maximum atomic E-state index is 12.4. The maximum Gasteiger partial charge on any atom is 0.273 e. The summed E-state index contributed by atoms with van der Waals surface area (Å²) in [5.74, 6) is -0.136. The number of aromatic nitrogens is 3. The summed E-state index contributed by atoms with van der Waals surface area (Å²) in [5.41, 5.74) is 2.59. The first-order chi connectivity index (χ1) is 13.8. The van der Waals surface area contributed by atoms with Crippen molar-refractivity contribution in [2.45, 2.75) is 45.1 Å². The van der Waals surface area contributed by atoms with Crippen molar-refractivity contribution >= 4 is 18.3 Å². The Kier molecular flexibility index (Phi) is 10.1. The Morgan fingerprint density at radius 1 is 1.21 bits per heavy atom. The summed E-state index contributed by atoms with van der Waals surface area (Å²) in [6.45, 7) is 5.97. The smallest absolute Gasteiger partial charge is 0.273 e. The molecule has 1 fully saturated rings. The lowest BCUT2D eigenvalue weighted by Crippen LogP contribution is -2.30. The molecule has 1 aliphatic heterocycles. The second-order valence-corrected chi connectivity index (χ2v) is 7.26. The van der Waals surface area contributed by atoms with Gasteiger partial charge in [-0.2, -0.15) is 0 Å². The molecule has 0 atom stereocenters. The van der Waals surface area contributed by atoms with Gasteiger partial charge < -0.3 is 15.4 Å². The van der Waals surface area contributed by atoms with Crippen LogP contribution >= 0.6 is 12.4 Å². The number of benzene rings is 1. The van der Waals surface area contributed by atoms with Gasteiger partial charge in [-0.1, -0.05) is 35.5 Å². The Hall–Kier alpha value is -1.96. The predicted molar refractivity (Wildman–Crippen MR) is 116 cm³/mol. The number of piperidine rings is 1. The highest BCUT2D eigenvalue weighted by molar-refractivity contribution is 5.93. The summed E-state index contributed by atoms with van der Waals surface area (Å²) >= 11 is 0. The monoisotopic (exact) mass is 421 g/mol. The number of carbonyl (C=O) groups excluding carboxylic acids is 1. The first-order valence-electron chi connectivity index (χ1n) is 10.3. The van der Waals surface area contributed by atoms with Crippen LogP contribution in [0.25, 0.3) is 0 Å². The molecule has 0 aliphatic carbocycles. The highest BCUT2D eigenvalue weighted by atomic mass is 35.5. The molecule has 0 radical (unpaired) electrons. The standard InChI is InChI=1S/C21H31N5O2.ClH/c1-17-20(24-25-26(17)19-9-13-22-14-10-19)21(27)23-12-5-6-15-28-16-11-18-7-3-2-4-8-18;/h2-4,7-8,19,22H,5-6,9-16H2,1H3,(H,23,27);1H. The summed E-state index contributed by atoms with van der Waals surface area (Å²) in [6.07, 6.45) is 4.79. The van der Waals surface area contributed by atoms with Crippen molar-refractivity contribution in [2.24, 2.45) is 0 Å². The summed E-state index contributed by atoms with van der Waals surface area (Å²) in [7, 11) is 0. The summed E-state index contributed by atoms with van der Waals surface area (Å²) in [5, 5.41) is 14.6. The van der Waals surface area contributed by atoms with Gasteiger partial charge in [-0.05, 0) is 57.7 Å². The average molecular weight is 422 g/mol. The van der Waals surface area contributed by atoms with Crippen molar-refractivity contribution in [3.8, 4) is 0 Å². The molecule has 7 nitrogen and oxygen atoms in total. The van der Waals surface area contributed by atoms with E-state index in [9.17, 15) is 4.79 Å². The van der Waals surface area contributed by atoms with Crippen LogP contribution in [0.1, 0.15) is 53.5 Å². The van der Waals surface area contributed by atoms with Crippen molar-refractivity contribution < 1.29 is 9.53 Å². The van der Waals surface area contributed by atoms with Gasteiger partial charge in [0.1, 0.15) is 0 Å². The summed E-state index contributed by atoms with van der Waals surface area (Å²) in [4.78, 5) is 12.4. The third-order valence-corrected chi connectivity index (χ3v) is 5.18. The van der Waals surface area contributed by atoms with Crippen molar-refractivity contribution in [3.63, 3.8) is 0 Å². The van der Waals surface area contributed by atoms with E-state index in [1.807, 2.05) is 29.8 Å². The lowest BCUT2D eigenvalue weighted by atomic mass is 10.1. The van der Waals surface area contributed by atoms with E-state index in [-0.39, 0.29) is 18.3 Å². The minimum Gasteiger partial charge on any atom is -0.381 e. The SMILES string of the molecule is Cc1c(C(=O)NCCCCOCCc2ccccc2)nnn1C1CCNCC1.Cl. The average Bonchev–Trinajstić information content (AvgIpc) is 3.12. The van der Waals surface area contributed by atoms with Gasteiger partial charge in [0.15, 0.2) is 5.69 Å². The van der Waals surface area contributed by atoms with Crippen LogP contribution in [-0.4, -0.2) is 53.7 Å². The fourth-order valence-corrected chi connectivity index (χ4v) is 3.50. The number of nitrogens with zero attached hydrogens (tertiary/aromatic N) is 3. The molecule has 0 bridgehead atoms. The fraction of sp³-hybridized carbons (Fsp3) is 0.571. The second kappa shape index (κ2) is 12.6. The topological polar surface area (TPSA) is 81.1 Å². The van der Waals surface area contributed by atoms with Crippen LogP contribution in [-0.2, 0) is 11.2 Å². The molecule has 0 spiro atoms. The maximum absolute atomic E-state index is 12.4. The van der Waals surface area contributed by atoms with E-state index >= 15 is 0 Å². The van der Waals surface area contributed by atoms with Crippen LogP contribution in [0.4, 0.5) is 0 Å². The van der Waals surface area contributed by atoms with Crippen molar-refractivity contribution in [2.75, 3.05) is 32.8 Å². The zero-order chi connectivity index (χ0) is 19.6. The van der Waals surface area contributed by atoms with Gasteiger partial charge in [0.2, 0.25) is 0 Å². The Morgan fingerprint density at radius 3 is 2.72 bits per heavy atom. The Bertz CT molecular complexity index is 732. The molecule has 1 aromatic carbocycles. The molecule has 160 valence electrons. The lowest BCUT2D eigenvalue weighted by Gasteiger charge is -2.23. The number of rotatable bonds is 10. The van der Waals surface area contributed by atoms with Gasteiger partial charge in [-0.3, -0.25) is 4.79 Å². The highest BCUT2D eigenvalue weighted by Gasteiger charge is 2.22. The zero-order valence-electron chi connectivity index (χ0n) is 17.1. The number of hydrogen-bond acceptors (Lipinski definition) is 5. The van der Waals surface area contributed by atoms with Crippen LogP contribution in [0.5, 0.6) is 0 Å². The molecular formula is C21H32ClN5O2. The molecule has 29 heavy (non-hydrogen) atoms. The van der Waals surface area contributed by atoms with E-state index in [1.54, 1.807) is 0 Å². The summed E-state index contributed by atoms with van der Waals surface area (Å²) in [6, 6.07) is 10.7. The molecule has 8 heteroatoms. The third-order valence-electron chi connectivity index (χ3n) is 5.18. The van der Waals surface area contributed by atoms with Crippen LogP contribution in [0, 0.1) is 6.92 Å². The molecule has 1 aliphatic rings. The lowest BCUT2D eigenvalue weighted by molar-refractivity contribution is 0.0943. The zero-order valence-corrected chi connectivity index (χ0v) is 17.9. The Balaban J connectivity index is 0.00000300. The van der Waals surface area contributed by atoms with E-state index in [4.69, 9.17) is 4.74 Å². The highest BCUT2D eigenvalue weighted by Crippen LogP contribution is 2.20. The Morgan fingerprint density at radius 2 is 1.97 bits per heavy atom. The van der Waals surface area contributed by atoms with Gasteiger partial charge in [-0.15, -0.1) is 17.5 Å². The van der Waals surface area contributed by atoms with Gasteiger partial charge in [0, 0.05) is 13.2 Å². The van der Waals surface area contributed by atoms with Crippen molar-refractivity contribution in [3.05, 3.63) is 47.3 Å². The number of hydrogen-bond donors (Lipinski definition) is 2. The molecule has 3 rings (SSSR count). The fourth-order valence-electron chi connectivity index (χ4n) is 3.50. The molecule has 2 heterocycles. The van der Waals surface area contributed by atoms with Gasteiger partial charge in [0.05, 0.1) is 18.3 Å². The number of amides is 1. The van der Waals surface area contributed by atoms with E-state index in [0.29, 0.717) is 24.9 Å². The molecule has 2 N–H and O–H groups in total. The number of nitrogens with one attached hydrogen (secondary N) is 2. The molecule has 0 unspecified atom stereocenters. The molecule has 0 saturated carbocycles. The van der Waals surface area contributed by atoms with Gasteiger partial charge in [0.25, 0.3) is 5.91 Å². The van der Waals surface area contributed by atoms with Crippen LogP contribution in [0.2, 0.25) is 0 Å². The van der Waals surface area contributed by atoms with E-state index in [1.165, 1.54) is 5.56 Å². The van der Waals surface area contributed by atoms with Gasteiger partial charge in [-0.25, -0.2) is 4.68 Å². The van der Waals surface area contributed by atoms with E-state index in [2.05, 4.69) is 33.1 Å². The second-order valence-electron chi connectivity index (χ2n) is 7.26. The normalized spacial score (nSPS) is 14.4. The molecule has 1 saturated heterocycles. The van der Waals surface area contributed by atoms with Crippen LogP contribution in [0.3, 0.4) is 0 Å². The number of carbonyl (C=O) groups is 1. The van der Waals surface area contributed by atoms with Gasteiger partial charge >= 0.3 is 0 Å². The Labute approximate surface area is 179 Å².